The van der Waals surface area contributed by atoms with Gasteiger partial charge in [-0.1, -0.05) is 91.8 Å². The van der Waals surface area contributed by atoms with E-state index >= 15 is 0 Å². The van der Waals surface area contributed by atoms with Crippen molar-refractivity contribution in [2.24, 2.45) is 0 Å². The summed E-state index contributed by atoms with van der Waals surface area (Å²) in [6, 6.07) is 14.2. The van der Waals surface area contributed by atoms with Gasteiger partial charge in [-0.3, -0.25) is 0 Å². The lowest BCUT2D eigenvalue weighted by atomic mass is 9.83. The third-order valence-corrected chi connectivity index (χ3v) is 5.02. The molecule has 0 aliphatic carbocycles. The first-order chi connectivity index (χ1) is 11.2. The molecule has 0 heteroatoms. The van der Waals surface area contributed by atoms with Crippen LogP contribution in [0.5, 0.6) is 0 Å². The van der Waals surface area contributed by atoms with E-state index in [0.29, 0.717) is 23.7 Å². The molecule has 0 heterocycles. The van der Waals surface area contributed by atoms with Crippen LogP contribution in [0.1, 0.15) is 101 Å². The van der Waals surface area contributed by atoms with Crippen molar-refractivity contribution >= 4 is 0 Å². The lowest BCUT2D eigenvalue weighted by Crippen LogP contribution is -2.01. The van der Waals surface area contributed by atoms with Gasteiger partial charge >= 0.3 is 0 Å². The Balaban J connectivity index is 2.77. The SMILES string of the molecule is CC(C)c1ccc(C(C)C)c(-c2cc(C(C)C)ccc2C(C)C)c1. The van der Waals surface area contributed by atoms with Crippen molar-refractivity contribution in [3.05, 3.63) is 58.7 Å². The third-order valence-electron chi connectivity index (χ3n) is 5.02. The molecular weight excluding hydrogens is 288 g/mol. The summed E-state index contributed by atoms with van der Waals surface area (Å²) < 4.78 is 0. The van der Waals surface area contributed by atoms with Crippen LogP contribution in [0.4, 0.5) is 0 Å². The fourth-order valence-corrected chi connectivity index (χ4v) is 3.34. The first-order valence-corrected chi connectivity index (χ1v) is 9.50. The number of hydrogen-bond acceptors (Lipinski definition) is 0. The minimum absolute atomic E-state index is 0.531. The standard InChI is InChI=1S/C24H34/c1-15(2)19-9-11-21(17(5)6)23(13-19)24-14-20(16(3)4)10-12-22(24)18(7)8/h9-18H,1-8H3. The largest absolute Gasteiger partial charge is 0.0587 e. The predicted octanol–water partition coefficient (Wildman–Crippen LogP) is 7.85. The quantitative estimate of drug-likeness (QED) is 0.525. The average molecular weight is 323 g/mol. The lowest BCUT2D eigenvalue weighted by Gasteiger charge is -2.22. The highest BCUT2D eigenvalue weighted by Crippen LogP contribution is 2.38. The molecule has 0 nitrogen and oxygen atoms in total. The number of benzene rings is 2. The molecule has 0 N–H and O–H groups in total. The van der Waals surface area contributed by atoms with E-state index in [1.807, 2.05) is 0 Å². The van der Waals surface area contributed by atoms with Gasteiger partial charge in [0.1, 0.15) is 0 Å². The van der Waals surface area contributed by atoms with Crippen LogP contribution in [0.25, 0.3) is 11.1 Å². The summed E-state index contributed by atoms with van der Waals surface area (Å²) >= 11 is 0. The molecule has 0 aliphatic heterocycles. The minimum atomic E-state index is 0.531. The molecule has 130 valence electrons. The van der Waals surface area contributed by atoms with Crippen LogP contribution in [0.2, 0.25) is 0 Å². The van der Waals surface area contributed by atoms with Crippen molar-refractivity contribution in [2.45, 2.75) is 79.1 Å². The van der Waals surface area contributed by atoms with Gasteiger partial charge in [-0.25, -0.2) is 0 Å². The van der Waals surface area contributed by atoms with E-state index < -0.39 is 0 Å². The van der Waals surface area contributed by atoms with Crippen LogP contribution in [0.15, 0.2) is 36.4 Å². The molecule has 2 aromatic carbocycles. The summed E-state index contributed by atoms with van der Waals surface area (Å²) in [4.78, 5) is 0. The van der Waals surface area contributed by atoms with Crippen molar-refractivity contribution in [1.82, 2.24) is 0 Å². The topological polar surface area (TPSA) is 0 Å². The molecule has 0 atom stereocenters. The maximum absolute atomic E-state index is 2.44. The van der Waals surface area contributed by atoms with Gasteiger partial charge < -0.3 is 0 Å². The fraction of sp³-hybridized carbons (Fsp3) is 0.500. The summed E-state index contributed by atoms with van der Waals surface area (Å²) in [6.45, 7) is 18.3. The Morgan fingerprint density at radius 1 is 0.458 bits per heavy atom. The number of hydrogen-bond donors (Lipinski definition) is 0. The van der Waals surface area contributed by atoms with E-state index in [2.05, 4.69) is 91.8 Å². The molecule has 2 rings (SSSR count). The second-order valence-electron chi connectivity index (χ2n) is 8.31. The van der Waals surface area contributed by atoms with Crippen LogP contribution < -0.4 is 0 Å². The summed E-state index contributed by atoms with van der Waals surface area (Å²) in [5, 5.41) is 0. The second-order valence-corrected chi connectivity index (χ2v) is 8.31. The first kappa shape index (κ1) is 18.8. The Hall–Kier alpha value is -1.56. The van der Waals surface area contributed by atoms with Crippen molar-refractivity contribution in [2.75, 3.05) is 0 Å². The van der Waals surface area contributed by atoms with E-state index in [0.717, 1.165) is 0 Å². The molecular formula is C24H34. The Kier molecular flexibility index (Phi) is 5.91. The second kappa shape index (κ2) is 7.55. The van der Waals surface area contributed by atoms with E-state index in [9.17, 15) is 0 Å². The van der Waals surface area contributed by atoms with Crippen LogP contribution in [0, 0.1) is 0 Å². The third kappa shape index (κ3) is 3.91. The molecule has 24 heavy (non-hydrogen) atoms. The smallest absolute Gasteiger partial charge is 0.0143 e. The van der Waals surface area contributed by atoms with Gasteiger partial charge in [0.2, 0.25) is 0 Å². The van der Waals surface area contributed by atoms with Gasteiger partial charge in [-0.2, -0.15) is 0 Å². The molecule has 0 aliphatic rings. The minimum Gasteiger partial charge on any atom is -0.0587 e. The van der Waals surface area contributed by atoms with Crippen LogP contribution in [-0.4, -0.2) is 0 Å². The molecule has 0 unspecified atom stereocenters. The van der Waals surface area contributed by atoms with Crippen LogP contribution >= 0.6 is 0 Å². The van der Waals surface area contributed by atoms with Gasteiger partial charge in [0.15, 0.2) is 0 Å². The molecule has 0 spiro atoms. The highest BCUT2D eigenvalue weighted by atomic mass is 14.2. The molecule has 0 amide bonds. The van der Waals surface area contributed by atoms with E-state index in [1.54, 1.807) is 0 Å². The Morgan fingerprint density at radius 2 is 0.792 bits per heavy atom. The maximum Gasteiger partial charge on any atom is -0.0143 e. The zero-order valence-corrected chi connectivity index (χ0v) is 16.8. The Morgan fingerprint density at radius 3 is 1.04 bits per heavy atom. The lowest BCUT2D eigenvalue weighted by molar-refractivity contribution is 0.836. The van der Waals surface area contributed by atoms with E-state index in [4.69, 9.17) is 0 Å². The first-order valence-electron chi connectivity index (χ1n) is 9.50. The monoisotopic (exact) mass is 322 g/mol. The van der Waals surface area contributed by atoms with Gasteiger partial charge in [0, 0.05) is 0 Å². The molecule has 0 saturated heterocycles. The zero-order valence-electron chi connectivity index (χ0n) is 16.8. The van der Waals surface area contributed by atoms with Crippen LogP contribution in [0.3, 0.4) is 0 Å². The van der Waals surface area contributed by atoms with Crippen molar-refractivity contribution < 1.29 is 0 Å². The number of rotatable bonds is 5. The fourth-order valence-electron chi connectivity index (χ4n) is 3.34. The summed E-state index contributed by atoms with van der Waals surface area (Å²) in [5.74, 6) is 2.18. The van der Waals surface area contributed by atoms with E-state index in [1.165, 1.54) is 33.4 Å². The van der Waals surface area contributed by atoms with Crippen LogP contribution in [-0.2, 0) is 0 Å². The molecule has 2 aromatic rings. The van der Waals surface area contributed by atoms with Crippen molar-refractivity contribution in [1.29, 1.82) is 0 Å². The maximum atomic E-state index is 2.44. The van der Waals surface area contributed by atoms with Gasteiger partial charge in [0.25, 0.3) is 0 Å². The zero-order chi connectivity index (χ0) is 18.0. The highest BCUT2D eigenvalue weighted by molar-refractivity contribution is 5.73. The van der Waals surface area contributed by atoms with E-state index in [-0.39, 0.29) is 0 Å². The molecule has 0 aromatic heterocycles. The summed E-state index contributed by atoms with van der Waals surface area (Å²) in [6.07, 6.45) is 0. The normalized spacial score (nSPS) is 12.0. The molecule has 0 fully saturated rings. The van der Waals surface area contributed by atoms with Gasteiger partial charge in [-0.15, -0.1) is 0 Å². The average Bonchev–Trinajstić information content (AvgIpc) is 2.53. The van der Waals surface area contributed by atoms with Crippen molar-refractivity contribution in [3.63, 3.8) is 0 Å². The predicted molar refractivity (Wildman–Crippen MR) is 108 cm³/mol. The molecule has 0 bridgehead atoms. The molecule has 0 saturated carbocycles. The van der Waals surface area contributed by atoms with Gasteiger partial charge in [0.05, 0.1) is 0 Å². The summed E-state index contributed by atoms with van der Waals surface area (Å²) in [5.41, 5.74) is 8.65. The van der Waals surface area contributed by atoms with Gasteiger partial charge in [-0.05, 0) is 57.1 Å². The van der Waals surface area contributed by atoms with Crippen molar-refractivity contribution in [3.8, 4) is 11.1 Å². The Labute approximate surface area is 149 Å². The Bertz CT molecular complexity index is 626. The summed E-state index contributed by atoms with van der Waals surface area (Å²) in [7, 11) is 0. The highest BCUT2D eigenvalue weighted by Gasteiger charge is 2.16. The molecule has 0 radical (unpaired) electrons.